The van der Waals surface area contributed by atoms with Gasteiger partial charge in [0.25, 0.3) is 0 Å². The lowest BCUT2D eigenvalue weighted by Crippen LogP contribution is -2.22. The van der Waals surface area contributed by atoms with Gasteiger partial charge in [-0.05, 0) is 31.2 Å². The molecule has 3 rings (SSSR count). The zero-order valence-electron chi connectivity index (χ0n) is 15.9. The predicted molar refractivity (Wildman–Crippen MR) is 106 cm³/mol. The van der Waals surface area contributed by atoms with E-state index in [2.05, 4.69) is 72.5 Å². The van der Waals surface area contributed by atoms with Crippen molar-refractivity contribution in [2.45, 2.75) is 20.1 Å². The average Bonchev–Trinajstić information content (AvgIpc) is 3.05. The molecule has 0 fully saturated rings. The first-order chi connectivity index (χ1) is 12.6. The molecule has 0 atom stereocenters. The van der Waals surface area contributed by atoms with Gasteiger partial charge in [0.1, 0.15) is 0 Å². The molecule has 0 aliphatic heterocycles. The quantitative estimate of drug-likeness (QED) is 0.575. The van der Waals surface area contributed by atoms with Gasteiger partial charge in [0.15, 0.2) is 0 Å². The second-order valence-electron chi connectivity index (χ2n) is 6.78. The van der Waals surface area contributed by atoms with Crippen LogP contribution >= 0.6 is 0 Å². The van der Waals surface area contributed by atoms with Crippen molar-refractivity contribution in [1.29, 1.82) is 0 Å². The highest BCUT2D eigenvalue weighted by Crippen LogP contribution is 2.23. The van der Waals surface area contributed by atoms with Crippen LogP contribution in [0.5, 0.6) is 0 Å². The van der Waals surface area contributed by atoms with Gasteiger partial charge in [-0.25, -0.2) is 0 Å². The van der Waals surface area contributed by atoms with Crippen LogP contribution in [-0.2, 0) is 24.9 Å². The monoisotopic (exact) mass is 349 g/mol. The molecule has 0 unspecified atom stereocenters. The van der Waals surface area contributed by atoms with Crippen LogP contribution in [0.15, 0.2) is 60.8 Å². The van der Waals surface area contributed by atoms with Gasteiger partial charge in [0.2, 0.25) is 0 Å². The lowest BCUT2D eigenvalue weighted by atomic mass is 10.1. The van der Waals surface area contributed by atoms with E-state index in [1.165, 1.54) is 22.3 Å². The summed E-state index contributed by atoms with van der Waals surface area (Å²) in [6.07, 6.45) is 1.83. The van der Waals surface area contributed by atoms with Gasteiger partial charge in [0, 0.05) is 31.9 Å². The second-order valence-corrected chi connectivity index (χ2v) is 6.78. The minimum atomic E-state index is 0.611. The summed E-state index contributed by atoms with van der Waals surface area (Å²) in [5, 5.41) is 4.27. The maximum atomic E-state index is 5.96. The third-order valence-corrected chi connectivity index (χ3v) is 4.52. The predicted octanol–water partition coefficient (Wildman–Crippen LogP) is 4.04. The van der Waals surface area contributed by atoms with Crippen molar-refractivity contribution in [2.75, 3.05) is 20.2 Å². The van der Waals surface area contributed by atoms with Gasteiger partial charge in [-0.2, -0.15) is 5.10 Å². The summed E-state index contributed by atoms with van der Waals surface area (Å²) in [7, 11) is 4.10. The van der Waals surface area contributed by atoms with E-state index in [0.717, 1.165) is 18.8 Å². The van der Waals surface area contributed by atoms with Crippen LogP contribution in [0.1, 0.15) is 16.7 Å². The zero-order chi connectivity index (χ0) is 18.4. The Hall–Kier alpha value is -2.43. The Kier molecular flexibility index (Phi) is 6.21. The van der Waals surface area contributed by atoms with E-state index in [9.17, 15) is 0 Å². The Morgan fingerprint density at radius 1 is 1.08 bits per heavy atom. The minimum absolute atomic E-state index is 0.611. The molecule has 26 heavy (non-hydrogen) atoms. The molecule has 136 valence electrons. The molecule has 0 amide bonds. The number of hydrogen-bond donors (Lipinski definition) is 0. The summed E-state index contributed by atoms with van der Waals surface area (Å²) in [5.74, 6) is 0. The number of ether oxygens (including phenoxy) is 1. The van der Waals surface area contributed by atoms with Crippen LogP contribution in [0.2, 0.25) is 0 Å². The maximum Gasteiger partial charge on any atom is 0.0724 e. The number of likely N-dealkylation sites (N-methyl/N-ethyl adjacent to an activating group) is 1. The van der Waals surface area contributed by atoms with Gasteiger partial charge in [-0.1, -0.05) is 54.1 Å². The first-order valence-electron chi connectivity index (χ1n) is 9.01. The Balaban J connectivity index is 1.50. The zero-order valence-corrected chi connectivity index (χ0v) is 15.9. The Morgan fingerprint density at radius 2 is 1.92 bits per heavy atom. The molecule has 0 bridgehead atoms. The molecule has 0 radical (unpaired) electrons. The van der Waals surface area contributed by atoms with Gasteiger partial charge < -0.3 is 4.74 Å². The molecule has 0 N–H and O–H groups in total. The Labute approximate surface area is 156 Å². The number of rotatable bonds is 8. The summed E-state index contributed by atoms with van der Waals surface area (Å²) in [4.78, 5) is 2.29. The normalized spacial score (nSPS) is 11.2. The van der Waals surface area contributed by atoms with E-state index in [1.54, 1.807) is 0 Å². The van der Waals surface area contributed by atoms with E-state index in [4.69, 9.17) is 4.74 Å². The molecule has 0 aliphatic carbocycles. The highest BCUT2D eigenvalue weighted by molar-refractivity contribution is 5.63. The minimum Gasteiger partial charge on any atom is -0.375 e. The molecule has 3 aromatic rings. The first kappa shape index (κ1) is 18.4. The molecule has 1 heterocycles. The third kappa shape index (κ3) is 4.81. The van der Waals surface area contributed by atoms with Crippen LogP contribution in [0.4, 0.5) is 0 Å². The van der Waals surface area contributed by atoms with Crippen LogP contribution < -0.4 is 0 Å². The van der Waals surface area contributed by atoms with Crippen molar-refractivity contribution in [1.82, 2.24) is 14.7 Å². The van der Waals surface area contributed by atoms with Crippen LogP contribution in [0.3, 0.4) is 0 Å². The number of hydrogen-bond acceptors (Lipinski definition) is 3. The van der Waals surface area contributed by atoms with Crippen LogP contribution in [0.25, 0.3) is 11.3 Å². The third-order valence-electron chi connectivity index (χ3n) is 4.52. The van der Waals surface area contributed by atoms with Gasteiger partial charge >= 0.3 is 0 Å². The molecule has 4 heteroatoms. The molecular formula is C22H27N3O. The largest absolute Gasteiger partial charge is 0.375 e. The van der Waals surface area contributed by atoms with Gasteiger partial charge in [-0.3, -0.25) is 9.58 Å². The highest BCUT2D eigenvalue weighted by atomic mass is 16.5. The molecule has 1 aromatic heterocycles. The fourth-order valence-electron chi connectivity index (χ4n) is 3.14. The topological polar surface area (TPSA) is 30.3 Å². The number of aromatic nitrogens is 2. The van der Waals surface area contributed by atoms with Crippen molar-refractivity contribution in [3.05, 3.63) is 77.5 Å². The summed E-state index contributed by atoms with van der Waals surface area (Å²) in [5.41, 5.74) is 6.13. The van der Waals surface area contributed by atoms with Crippen molar-refractivity contribution < 1.29 is 4.74 Å². The fraction of sp³-hybridized carbons (Fsp3) is 0.318. The number of aryl methyl sites for hydroxylation is 2. The van der Waals surface area contributed by atoms with E-state index in [1.807, 2.05) is 24.0 Å². The lowest BCUT2D eigenvalue weighted by molar-refractivity contribution is 0.0982. The maximum absolute atomic E-state index is 5.96. The van der Waals surface area contributed by atoms with Crippen molar-refractivity contribution in [3.63, 3.8) is 0 Å². The lowest BCUT2D eigenvalue weighted by Gasteiger charge is -2.17. The van der Waals surface area contributed by atoms with Crippen molar-refractivity contribution in [3.8, 4) is 11.3 Å². The van der Waals surface area contributed by atoms with Gasteiger partial charge in [0.05, 0.1) is 18.9 Å². The summed E-state index contributed by atoms with van der Waals surface area (Å²) in [6, 6.07) is 19.1. The van der Waals surface area contributed by atoms with E-state index >= 15 is 0 Å². The highest BCUT2D eigenvalue weighted by Gasteiger charge is 2.08. The molecule has 2 aromatic carbocycles. The van der Waals surface area contributed by atoms with Crippen LogP contribution in [0, 0.1) is 6.92 Å². The van der Waals surface area contributed by atoms with E-state index in [0.29, 0.717) is 13.2 Å². The molecule has 0 spiro atoms. The second kappa shape index (κ2) is 8.79. The first-order valence-corrected chi connectivity index (χ1v) is 9.01. The summed E-state index contributed by atoms with van der Waals surface area (Å²) >= 11 is 0. The average molecular weight is 349 g/mol. The summed E-state index contributed by atoms with van der Waals surface area (Å²) in [6.45, 7) is 5.30. The standard InChI is InChI=1S/C22H27N3O/c1-18-7-6-8-19(15-18)16-24(2)13-14-26-17-20-9-4-5-10-21(20)22-11-12-23-25(22)3/h4-12,15H,13-14,16-17H2,1-3H3. The molecule has 0 saturated heterocycles. The Morgan fingerprint density at radius 3 is 2.69 bits per heavy atom. The van der Waals surface area contributed by atoms with Crippen LogP contribution in [-0.4, -0.2) is 34.9 Å². The van der Waals surface area contributed by atoms with Crippen molar-refractivity contribution in [2.24, 2.45) is 7.05 Å². The Bertz CT molecular complexity index is 841. The number of nitrogens with zero attached hydrogens (tertiary/aromatic N) is 3. The molecule has 0 aliphatic rings. The van der Waals surface area contributed by atoms with E-state index < -0.39 is 0 Å². The smallest absolute Gasteiger partial charge is 0.0724 e. The SMILES string of the molecule is Cc1cccc(CN(C)CCOCc2ccccc2-c2ccnn2C)c1. The van der Waals surface area contributed by atoms with Crippen molar-refractivity contribution >= 4 is 0 Å². The van der Waals surface area contributed by atoms with E-state index in [-0.39, 0.29) is 0 Å². The molecule has 0 saturated carbocycles. The molecule has 4 nitrogen and oxygen atoms in total. The fourth-order valence-corrected chi connectivity index (χ4v) is 3.14. The number of benzene rings is 2. The van der Waals surface area contributed by atoms with Gasteiger partial charge in [-0.15, -0.1) is 0 Å². The molecular weight excluding hydrogens is 322 g/mol. The summed E-state index contributed by atoms with van der Waals surface area (Å²) < 4.78 is 7.86.